The molecule has 1 aromatic carbocycles. The molecule has 2 aliphatic carbocycles. The maximum atomic E-state index is 12.3. The van der Waals surface area contributed by atoms with Crippen LogP contribution in [0.4, 0.5) is 0 Å². The van der Waals surface area contributed by atoms with Crippen molar-refractivity contribution >= 4 is 17.5 Å². The molecular weight excluding hydrogens is 314 g/mol. The van der Waals surface area contributed by atoms with Gasteiger partial charge in [-0.2, -0.15) is 4.98 Å². The minimum atomic E-state index is -0.256. The van der Waals surface area contributed by atoms with Gasteiger partial charge in [0.1, 0.15) is 0 Å². The summed E-state index contributed by atoms with van der Waals surface area (Å²) in [5.74, 6) is 2.48. The van der Waals surface area contributed by atoms with Crippen molar-refractivity contribution in [2.75, 3.05) is 0 Å². The highest BCUT2D eigenvalue weighted by Crippen LogP contribution is 2.57. The van der Waals surface area contributed by atoms with E-state index in [-0.39, 0.29) is 17.9 Å². The summed E-state index contributed by atoms with van der Waals surface area (Å²) in [7, 11) is 0. The molecule has 2 fully saturated rings. The second kappa shape index (κ2) is 5.64. The van der Waals surface area contributed by atoms with Crippen LogP contribution in [-0.2, 0) is 4.79 Å². The highest BCUT2D eigenvalue weighted by molar-refractivity contribution is 6.30. The van der Waals surface area contributed by atoms with E-state index >= 15 is 0 Å². The average molecular weight is 332 g/mol. The molecule has 0 saturated heterocycles. The molecule has 0 bridgehead atoms. The van der Waals surface area contributed by atoms with Crippen LogP contribution in [0.15, 0.2) is 28.8 Å². The molecule has 0 radical (unpaired) electrons. The first-order valence-electron chi connectivity index (χ1n) is 8.03. The summed E-state index contributed by atoms with van der Waals surface area (Å²) in [6, 6.07) is 6.95. The van der Waals surface area contributed by atoms with Gasteiger partial charge in [0.15, 0.2) is 5.82 Å². The number of hydrogen-bond donors (Lipinski definition) is 1. The molecule has 0 aliphatic heterocycles. The number of halogens is 1. The molecule has 23 heavy (non-hydrogen) atoms. The summed E-state index contributed by atoms with van der Waals surface area (Å²) in [5.41, 5.74) is 0.809. The quantitative estimate of drug-likeness (QED) is 0.929. The number of nitrogens with one attached hydrogen (secondary N) is 1. The van der Waals surface area contributed by atoms with Crippen LogP contribution in [0, 0.1) is 17.8 Å². The Morgan fingerprint density at radius 3 is 2.70 bits per heavy atom. The lowest BCUT2D eigenvalue weighted by atomic mass is 10.1. The lowest BCUT2D eigenvalue weighted by Crippen LogP contribution is -2.30. The van der Waals surface area contributed by atoms with Crippen molar-refractivity contribution in [1.29, 1.82) is 0 Å². The summed E-state index contributed by atoms with van der Waals surface area (Å²) in [6.07, 6.45) is 3.66. The summed E-state index contributed by atoms with van der Waals surface area (Å²) < 4.78 is 5.29. The van der Waals surface area contributed by atoms with Crippen LogP contribution in [-0.4, -0.2) is 16.0 Å². The SMILES string of the molecule is C[C@H](NC(=O)C1[C@@H]2CCC[C@@H]12)c1noc(-c2ccc(Cl)cc2)n1. The molecule has 1 N–H and O–H groups in total. The van der Waals surface area contributed by atoms with Gasteiger partial charge in [0.25, 0.3) is 5.89 Å². The molecule has 120 valence electrons. The minimum Gasteiger partial charge on any atom is -0.346 e. The van der Waals surface area contributed by atoms with Crippen LogP contribution < -0.4 is 5.32 Å². The zero-order valence-electron chi connectivity index (χ0n) is 12.8. The standard InChI is InChI=1S/C17H18ClN3O2/c1-9(19-16(22)14-12-3-2-4-13(12)14)15-20-17(23-21-15)10-5-7-11(18)8-6-10/h5-9,12-14H,2-4H2,1H3,(H,19,22)/t9-,12+,13+/m0/s1. The van der Waals surface area contributed by atoms with Gasteiger partial charge in [-0.15, -0.1) is 0 Å². The number of carbonyl (C=O) groups is 1. The first-order valence-corrected chi connectivity index (χ1v) is 8.41. The van der Waals surface area contributed by atoms with E-state index in [4.69, 9.17) is 16.1 Å². The van der Waals surface area contributed by atoms with E-state index in [0.29, 0.717) is 28.6 Å². The van der Waals surface area contributed by atoms with Gasteiger partial charge < -0.3 is 9.84 Å². The predicted molar refractivity (Wildman–Crippen MR) is 85.6 cm³/mol. The molecule has 3 atom stereocenters. The number of nitrogens with zero attached hydrogens (tertiary/aromatic N) is 2. The minimum absolute atomic E-state index is 0.130. The topological polar surface area (TPSA) is 68.0 Å². The fraction of sp³-hybridized carbons (Fsp3) is 0.471. The zero-order chi connectivity index (χ0) is 16.0. The van der Waals surface area contributed by atoms with E-state index in [1.165, 1.54) is 19.3 Å². The summed E-state index contributed by atoms with van der Waals surface area (Å²) in [5, 5.41) is 7.66. The van der Waals surface area contributed by atoms with Crippen LogP contribution in [0.2, 0.25) is 5.02 Å². The maximum Gasteiger partial charge on any atom is 0.257 e. The van der Waals surface area contributed by atoms with Gasteiger partial charge in [-0.25, -0.2) is 0 Å². The smallest absolute Gasteiger partial charge is 0.257 e. The van der Waals surface area contributed by atoms with Crippen LogP contribution >= 0.6 is 11.6 Å². The number of hydrogen-bond acceptors (Lipinski definition) is 4. The van der Waals surface area contributed by atoms with Gasteiger partial charge in [0.2, 0.25) is 5.91 Å². The molecule has 1 heterocycles. The number of fused-ring (bicyclic) bond motifs is 1. The van der Waals surface area contributed by atoms with Crippen molar-refractivity contribution in [3.63, 3.8) is 0 Å². The van der Waals surface area contributed by atoms with Gasteiger partial charge in [0, 0.05) is 16.5 Å². The van der Waals surface area contributed by atoms with Crippen LogP contribution in [0.1, 0.15) is 38.1 Å². The van der Waals surface area contributed by atoms with Gasteiger partial charge in [-0.3, -0.25) is 4.79 Å². The Kier molecular flexibility index (Phi) is 3.60. The largest absolute Gasteiger partial charge is 0.346 e. The van der Waals surface area contributed by atoms with Gasteiger partial charge in [0.05, 0.1) is 6.04 Å². The van der Waals surface area contributed by atoms with E-state index < -0.39 is 0 Å². The third kappa shape index (κ3) is 2.74. The Bertz CT molecular complexity index is 718. The summed E-state index contributed by atoms with van der Waals surface area (Å²) in [6.45, 7) is 1.88. The fourth-order valence-corrected chi connectivity index (χ4v) is 3.83. The molecule has 2 aromatic rings. The second-order valence-corrected chi connectivity index (χ2v) is 6.92. The third-order valence-corrected chi connectivity index (χ3v) is 5.24. The molecule has 0 spiro atoms. The number of amides is 1. The molecular formula is C17H18ClN3O2. The van der Waals surface area contributed by atoms with E-state index in [2.05, 4.69) is 15.5 Å². The molecule has 0 unspecified atom stereocenters. The predicted octanol–water partition coefficient (Wildman–Crippen LogP) is 3.61. The van der Waals surface area contributed by atoms with Gasteiger partial charge in [-0.1, -0.05) is 23.2 Å². The Labute approximate surface area is 139 Å². The van der Waals surface area contributed by atoms with Crippen LogP contribution in [0.25, 0.3) is 11.5 Å². The van der Waals surface area contributed by atoms with E-state index in [1.54, 1.807) is 12.1 Å². The lowest BCUT2D eigenvalue weighted by Gasteiger charge is -2.10. The average Bonchev–Trinajstić information content (AvgIpc) is 2.95. The van der Waals surface area contributed by atoms with Crippen molar-refractivity contribution in [2.45, 2.75) is 32.2 Å². The van der Waals surface area contributed by atoms with E-state index in [1.807, 2.05) is 19.1 Å². The van der Waals surface area contributed by atoms with Crippen LogP contribution in [0.3, 0.4) is 0 Å². The highest BCUT2D eigenvalue weighted by atomic mass is 35.5. The highest BCUT2D eigenvalue weighted by Gasteiger charge is 2.56. The van der Waals surface area contributed by atoms with Crippen molar-refractivity contribution in [2.24, 2.45) is 17.8 Å². The summed E-state index contributed by atoms with van der Waals surface area (Å²) in [4.78, 5) is 16.7. The fourth-order valence-electron chi connectivity index (χ4n) is 3.71. The Hall–Kier alpha value is -1.88. The second-order valence-electron chi connectivity index (χ2n) is 6.48. The van der Waals surface area contributed by atoms with Crippen molar-refractivity contribution in [1.82, 2.24) is 15.5 Å². The number of aromatic nitrogens is 2. The first-order chi connectivity index (χ1) is 11.1. The van der Waals surface area contributed by atoms with Gasteiger partial charge in [-0.05, 0) is 55.9 Å². The van der Waals surface area contributed by atoms with Gasteiger partial charge >= 0.3 is 0 Å². The molecule has 2 aliphatic rings. The molecule has 1 amide bonds. The van der Waals surface area contributed by atoms with Crippen molar-refractivity contribution < 1.29 is 9.32 Å². The Balaban J connectivity index is 1.42. The number of carbonyl (C=O) groups excluding carboxylic acids is 1. The number of rotatable bonds is 4. The monoisotopic (exact) mass is 331 g/mol. The Morgan fingerprint density at radius 1 is 1.30 bits per heavy atom. The molecule has 2 saturated carbocycles. The molecule has 5 nitrogen and oxygen atoms in total. The molecule has 6 heteroatoms. The lowest BCUT2D eigenvalue weighted by molar-refractivity contribution is -0.123. The maximum absolute atomic E-state index is 12.3. The first kappa shape index (κ1) is 14.7. The van der Waals surface area contributed by atoms with Crippen molar-refractivity contribution in [3.05, 3.63) is 35.1 Å². The number of benzene rings is 1. The van der Waals surface area contributed by atoms with Crippen LogP contribution in [0.5, 0.6) is 0 Å². The molecule has 1 aromatic heterocycles. The Morgan fingerprint density at radius 2 is 2.00 bits per heavy atom. The molecule has 4 rings (SSSR count). The van der Waals surface area contributed by atoms with Crippen molar-refractivity contribution in [3.8, 4) is 11.5 Å². The normalized spacial score (nSPS) is 26.6. The summed E-state index contributed by atoms with van der Waals surface area (Å²) >= 11 is 5.87. The van der Waals surface area contributed by atoms with E-state index in [9.17, 15) is 4.79 Å². The zero-order valence-corrected chi connectivity index (χ0v) is 13.6. The third-order valence-electron chi connectivity index (χ3n) is 4.99. The van der Waals surface area contributed by atoms with E-state index in [0.717, 1.165) is 5.56 Å².